The van der Waals surface area contributed by atoms with Crippen LogP contribution in [0.25, 0.3) is 0 Å². The Morgan fingerprint density at radius 2 is 1.74 bits per heavy atom. The normalized spacial score (nSPS) is 10.5. The molecule has 0 spiro atoms. The SMILES string of the molecule is Nc1cc(Br)cc(C(=O)c2ccc(F)c(F)c2F)c1. The highest BCUT2D eigenvalue weighted by molar-refractivity contribution is 9.10. The Hall–Kier alpha value is -1.82. The van der Waals surface area contributed by atoms with Crippen LogP contribution in [-0.4, -0.2) is 5.78 Å². The molecule has 0 bridgehead atoms. The van der Waals surface area contributed by atoms with Crippen LogP contribution < -0.4 is 5.73 Å². The number of nitrogens with two attached hydrogens (primary N) is 1. The standard InChI is InChI=1S/C13H7BrF3NO/c14-7-3-6(4-8(18)5-7)13(19)9-1-2-10(15)12(17)11(9)16/h1-5H,18H2. The van der Waals surface area contributed by atoms with Crippen molar-refractivity contribution >= 4 is 27.4 Å². The summed E-state index contributed by atoms with van der Waals surface area (Å²) in [7, 11) is 0. The average molecular weight is 330 g/mol. The lowest BCUT2D eigenvalue weighted by Crippen LogP contribution is -2.07. The van der Waals surface area contributed by atoms with Gasteiger partial charge in [0.05, 0.1) is 5.56 Å². The fourth-order valence-corrected chi connectivity index (χ4v) is 2.11. The fourth-order valence-electron chi connectivity index (χ4n) is 1.60. The molecule has 0 unspecified atom stereocenters. The predicted octanol–water partition coefficient (Wildman–Crippen LogP) is 3.68. The second-order valence-electron chi connectivity index (χ2n) is 3.83. The lowest BCUT2D eigenvalue weighted by molar-refractivity contribution is 0.103. The summed E-state index contributed by atoms with van der Waals surface area (Å²) in [5.74, 6) is -5.30. The quantitative estimate of drug-likeness (QED) is 0.519. The Labute approximate surface area is 115 Å². The van der Waals surface area contributed by atoms with Gasteiger partial charge in [0.2, 0.25) is 0 Å². The van der Waals surface area contributed by atoms with E-state index in [1.807, 2.05) is 0 Å². The number of ketones is 1. The topological polar surface area (TPSA) is 43.1 Å². The molecule has 0 amide bonds. The molecule has 0 saturated heterocycles. The maximum Gasteiger partial charge on any atom is 0.196 e. The maximum atomic E-state index is 13.5. The summed E-state index contributed by atoms with van der Waals surface area (Å²) in [6, 6.07) is 5.89. The molecule has 2 rings (SSSR count). The predicted molar refractivity (Wildman–Crippen MR) is 68.3 cm³/mol. The first-order valence-corrected chi connectivity index (χ1v) is 5.93. The fraction of sp³-hybridized carbons (Fsp3) is 0. The summed E-state index contributed by atoms with van der Waals surface area (Å²) in [5.41, 5.74) is 5.39. The van der Waals surface area contributed by atoms with Crippen LogP contribution in [0.4, 0.5) is 18.9 Å². The molecule has 19 heavy (non-hydrogen) atoms. The van der Waals surface area contributed by atoms with Gasteiger partial charge in [0, 0.05) is 15.7 Å². The molecule has 0 fully saturated rings. The van der Waals surface area contributed by atoms with Gasteiger partial charge in [-0.25, -0.2) is 13.2 Å². The molecule has 2 aromatic carbocycles. The number of anilines is 1. The van der Waals surface area contributed by atoms with Crippen molar-refractivity contribution < 1.29 is 18.0 Å². The van der Waals surface area contributed by atoms with E-state index in [-0.39, 0.29) is 5.56 Å². The highest BCUT2D eigenvalue weighted by Gasteiger charge is 2.20. The van der Waals surface area contributed by atoms with E-state index < -0.39 is 28.8 Å². The third-order valence-corrected chi connectivity index (χ3v) is 2.92. The van der Waals surface area contributed by atoms with E-state index in [1.54, 1.807) is 6.07 Å². The summed E-state index contributed by atoms with van der Waals surface area (Å²) in [6.45, 7) is 0. The van der Waals surface area contributed by atoms with E-state index in [0.29, 0.717) is 16.2 Å². The minimum Gasteiger partial charge on any atom is -0.399 e. The number of hydrogen-bond acceptors (Lipinski definition) is 2. The van der Waals surface area contributed by atoms with Gasteiger partial charge in [-0.05, 0) is 30.3 Å². The van der Waals surface area contributed by atoms with Crippen molar-refractivity contribution in [1.29, 1.82) is 0 Å². The number of nitrogen functional groups attached to an aromatic ring is 1. The van der Waals surface area contributed by atoms with Gasteiger partial charge < -0.3 is 5.73 Å². The molecule has 2 aromatic rings. The van der Waals surface area contributed by atoms with Gasteiger partial charge in [0.15, 0.2) is 23.2 Å². The number of carbonyl (C=O) groups is 1. The Morgan fingerprint density at radius 3 is 2.37 bits per heavy atom. The third kappa shape index (κ3) is 2.63. The first kappa shape index (κ1) is 13.6. The van der Waals surface area contributed by atoms with Crippen LogP contribution in [0.2, 0.25) is 0 Å². The van der Waals surface area contributed by atoms with Crippen LogP contribution in [0, 0.1) is 17.5 Å². The number of rotatable bonds is 2. The summed E-state index contributed by atoms with van der Waals surface area (Å²) in [4.78, 5) is 12.0. The van der Waals surface area contributed by atoms with Crippen molar-refractivity contribution in [3.05, 3.63) is 63.4 Å². The van der Waals surface area contributed by atoms with Crippen LogP contribution >= 0.6 is 15.9 Å². The van der Waals surface area contributed by atoms with Crippen molar-refractivity contribution in [2.75, 3.05) is 5.73 Å². The summed E-state index contributed by atoms with van der Waals surface area (Å²) < 4.78 is 39.9. The van der Waals surface area contributed by atoms with Crippen LogP contribution in [0.1, 0.15) is 15.9 Å². The molecule has 0 aliphatic rings. The average Bonchev–Trinajstić information content (AvgIpc) is 2.34. The second-order valence-corrected chi connectivity index (χ2v) is 4.74. The zero-order valence-corrected chi connectivity index (χ0v) is 11.0. The van der Waals surface area contributed by atoms with Crippen molar-refractivity contribution in [3.8, 4) is 0 Å². The maximum absolute atomic E-state index is 13.5. The van der Waals surface area contributed by atoms with E-state index >= 15 is 0 Å². The Morgan fingerprint density at radius 1 is 1.05 bits per heavy atom. The summed E-state index contributed by atoms with van der Waals surface area (Å²) in [5, 5.41) is 0. The Balaban J connectivity index is 2.53. The molecule has 0 heterocycles. The van der Waals surface area contributed by atoms with E-state index in [4.69, 9.17) is 5.73 Å². The second kappa shape index (κ2) is 5.05. The number of benzene rings is 2. The molecule has 0 radical (unpaired) electrons. The molecule has 2 nitrogen and oxygen atoms in total. The molecule has 98 valence electrons. The Bertz CT molecular complexity index is 653. The van der Waals surface area contributed by atoms with E-state index in [2.05, 4.69) is 15.9 Å². The van der Waals surface area contributed by atoms with Crippen LogP contribution in [0.3, 0.4) is 0 Å². The van der Waals surface area contributed by atoms with Gasteiger partial charge in [0.25, 0.3) is 0 Å². The molecule has 0 aliphatic carbocycles. The zero-order valence-electron chi connectivity index (χ0n) is 9.38. The molecule has 0 aliphatic heterocycles. The van der Waals surface area contributed by atoms with Gasteiger partial charge in [-0.15, -0.1) is 0 Å². The van der Waals surface area contributed by atoms with Gasteiger partial charge in [-0.1, -0.05) is 15.9 Å². The van der Waals surface area contributed by atoms with E-state index in [0.717, 1.165) is 6.07 Å². The minimum absolute atomic E-state index is 0.0804. The van der Waals surface area contributed by atoms with Crippen molar-refractivity contribution in [1.82, 2.24) is 0 Å². The van der Waals surface area contributed by atoms with Crippen LogP contribution in [0.5, 0.6) is 0 Å². The van der Waals surface area contributed by atoms with Crippen molar-refractivity contribution in [2.24, 2.45) is 0 Å². The lowest BCUT2D eigenvalue weighted by Gasteiger charge is -2.06. The molecular formula is C13H7BrF3NO. The largest absolute Gasteiger partial charge is 0.399 e. The molecule has 6 heteroatoms. The third-order valence-electron chi connectivity index (χ3n) is 2.46. The van der Waals surface area contributed by atoms with E-state index in [9.17, 15) is 18.0 Å². The minimum atomic E-state index is -1.67. The summed E-state index contributed by atoms with van der Waals surface area (Å²) in [6.07, 6.45) is 0. The van der Waals surface area contributed by atoms with Crippen LogP contribution in [0.15, 0.2) is 34.8 Å². The molecule has 0 aromatic heterocycles. The Kier molecular flexibility index (Phi) is 3.61. The highest BCUT2D eigenvalue weighted by atomic mass is 79.9. The molecule has 0 saturated carbocycles. The van der Waals surface area contributed by atoms with Gasteiger partial charge in [0.1, 0.15) is 0 Å². The number of halogens is 4. The monoisotopic (exact) mass is 329 g/mol. The van der Waals surface area contributed by atoms with E-state index in [1.165, 1.54) is 12.1 Å². The van der Waals surface area contributed by atoms with Crippen LogP contribution in [-0.2, 0) is 0 Å². The first-order valence-electron chi connectivity index (χ1n) is 5.14. The zero-order chi connectivity index (χ0) is 14.2. The molecular weight excluding hydrogens is 323 g/mol. The van der Waals surface area contributed by atoms with Gasteiger partial charge in [-0.2, -0.15) is 0 Å². The van der Waals surface area contributed by atoms with Crippen molar-refractivity contribution in [3.63, 3.8) is 0 Å². The number of hydrogen-bond donors (Lipinski definition) is 1. The van der Waals surface area contributed by atoms with Gasteiger partial charge >= 0.3 is 0 Å². The number of carbonyl (C=O) groups excluding carboxylic acids is 1. The smallest absolute Gasteiger partial charge is 0.196 e. The molecule has 2 N–H and O–H groups in total. The van der Waals surface area contributed by atoms with Gasteiger partial charge in [-0.3, -0.25) is 4.79 Å². The first-order chi connectivity index (χ1) is 8.90. The lowest BCUT2D eigenvalue weighted by atomic mass is 10.0. The highest BCUT2D eigenvalue weighted by Crippen LogP contribution is 2.22. The molecule has 0 atom stereocenters. The summed E-state index contributed by atoms with van der Waals surface area (Å²) >= 11 is 3.14. The van der Waals surface area contributed by atoms with Crippen molar-refractivity contribution in [2.45, 2.75) is 0 Å².